The summed E-state index contributed by atoms with van der Waals surface area (Å²) < 4.78 is 33.6. The molecule has 0 spiro atoms. The zero-order valence-corrected chi connectivity index (χ0v) is 25.5. The van der Waals surface area contributed by atoms with Crippen molar-refractivity contribution >= 4 is 35.0 Å². The van der Waals surface area contributed by atoms with Crippen molar-refractivity contribution in [1.82, 2.24) is 4.57 Å². The fourth-order valence-electron chi connectivity index (χ4n) is 4.78. The summed E-state index contributed by atoms with van der Waals surface area (Å²) >= 11 is 7.34. The molecule has 0 N–H and O–H groups in total. The first-order valence-electron chi connectivity index (χ1n) is 13.8. The summed E-state index contributed by atoms with van der Waals surface area (Å²) in [5, 5.41) is 0.173. The van der Waals surface area contributed by atoms with Crippen molar-refractivity contribution in [3.8, 4) is 11.5 Å². The molecule has 0 saturated carbocycles. The molecule has 43 heavy (non-hydrogen) atoms. The Hall–Kier alpha value is -4.21. The molecule has 0 aliphatic carbocycles. The number of allylic oxidation sites excluding steroid dienone is 1. The standard InChI is InChI=1S/C33H30ClFN2O5S/c1-4-5-16-41-26-15-14-22(17-27(26)40-3)30-29(32(39)42-19-21-10-7-6-8-11-21)20(2)36-33-37(30)31(38)28(43-33)18-23-24(34)12-9-13-25(23)35/h6-15,17-18,30H,4-5,16,19H2,1-3H3/b28-18-. The highest BCUT2D eigenvalue weighted by Crippen LogP contribution is 2.36. The molecular formula is C33H30ClFN2O5S. The van der Waals surface area contributed by atoms with Crippen molar-refractivity contribution in [2.24, 2.45) is 4.99 Å². The van der Waals surface area contributed by atoms with Crippen LogP contribution in [0.3, 0.4) is 0 Å². The lowest BCUT2D eigenvalue weighted by Crippen LogP contribution is -2.40. The quantitative estimate of drug-likeness (QED) is 0.162. The topological polar surface area (TPSA) is 79.1 Å². The number of halogens is 2. The number of nitrogens with zero attached hydrogens (tertiary/aromatic N) is 2. The first kappa shape index (κ1) is 30.3. The third-order valence-corrected chi connectivity index (χ3v) is 8.30. The number of carbonyl (C=O) groups is 1. The van der Waals surface area contributed by atoms with Gasteiger partial charge < -0.3 is 14.2 Å². The molecule has 1 aliphatic heterocycles. The highest BCUT2D eigenvalue weighted by Gasteiger charge is 2.34. The molecule has 0 amide bonds. The van der Waals surface area contributed by atoms with Crippen LogP contribution in [0.4, 0.5) is 4.39 Å². The monoisotopic (exact) mass is 620 g/mol. The SMILES string of the molecule is CCCCOc1ccc(C2C(C(=O)OCc3ccccc3)=C(C)N=c3s/c(=C\c4c(F)cccc4Cl)c(=O)n32)cc1OC. The van der Waals surface area contributed by atoms with Crippen LogP contribution >= 0.6 is 22.9 Å². The summed E-state index contributed by atoms with van der Waals surface area (Å²) in [6.45, 7) is 4.35. The molecule has 1 aliphatic rings. The van der Waals surface area contributed by atoms with Crippen molar-refractivity contribution < 1.29 is 23.4 Å². The normalized spacial score (nSPS) is 14.7. The average molecular weight is 621 g/mol. The van der Waals surface area contributed by atoms with E-state index in [4.69, 9.17) is 25.8 Å². The molecule has 2 heterocycles. The number of methoxy groups -OCH3 is 1. The zero-order chi connectivity index (χ0) is 30.5. The first-order valence-corrected chi connectivity index (χ1v) is 15.0. The lowest BCUT2D eigenvalue weighted by Gasteiger charge is -2.25. The van der Waals surface area contributed by atoms with Gasteiger partial charge in [-0.15, -0.1) is 0 Å². The fourth-order valence-corrected chi connectivity index (χ4v) is 6.02. The Morgan fingerprint density at radius 1 is 1.12 bits per heavy atom. The van der Waals surface area contributed by atoms with Crippen LogP contribution in [0.5, 0.6) is 11.5 Å². The van der Waals surface area contributed by atoms with Crippen LogP contribution < -0.4 is 24.4 Å². The second-order valence-corrected chi connectivity index (χ2v) is 11.3. The van der Waals surface area contributed by atoms with Crippen LogP contribution in [-0.2, 0) is 16.1 Å². The summed E-state index contributed by atoms with van der Waals surface area (Å²) in [6, 6.07) is 18.1. The molecule has 1 atom stereocenters. The predicted octanol–water partition coefficient (Wildman–Crippen LogP) is 5.96. The van der Waals surface area contributed by atoms with E-state index in [1.54, 1.807) is 31.2 Å². The van der Waals surface area contributed by atoms with E-state index < -0.39 is 23.4 Å². The number of aromatic nitrogens is 1. The van der Waals surface area contributed by atoms with E-state index in [9.17, 15) is 14.0 Å². The molecule has 222 valence electrons. The van der Waals surface area contributed by atoms with Gasteiger partial charge in [0.15, 0.2) is 16.3 Å². The Balaban J connectivity index is 1.64. The zero-order valence-electron chi connectivity index (χ0n) is 23.9. The van der Waals surface area contributed by atoms with E-state index in [0.29, 0.717) is 34.2 Å². The smallest absolute Gasteiger partial charge is 0.338 e. The van der Waals surface area contributed by atoms with Gasteiger partial charge in [-0.3, -0.25) is 9.36 Å². The van der Waals surface area contributed by atoms with Gasteiger partial charge in [-0.2, -0.15) is 0 Å². The number of thiazole rings is 1. The van der Waals surface area contributed by atoms with Gasteiger partial charge in [-0.25, -0.2) is 14.2 Å². The minimum atomic E-state index is -0.892. The summed E-state index contributed by atoms with van der Waals surface area (Å²) in [7, 11) is 1.53. The third-order valence-electron chi connectivity index (χ3n) is 6.99. The minimum Gasteiger partial charge on any atom is -0.493 e. The number of ether oxygens (including phenoxy) is 3. The summed E-state index contributed by atoms with van der Waals surface area (Å²) in [5.41, 5.74) is 1.68. The van der Waals surface area contributed by atoms with Crippen LogP contribution in [0, 0.1) is 5.82 Å². The van der Waals surface area contributed by atoms with Crippen molar-refractivity contribution in [1.29, 1.82) is 0 Å². The van der Waals surface area contributed by atoms with Gasteiger partial charge in [-0.05, 0) is 54.8 Å². The van der Waals surface area contributed by atoms with Gasteiger partial charge in [0.25, 0.3) is 5.56 Å². The van der Waals surface area contributed by atoms with E-state index >= 15 is 0 Å². The molecule has 10 heteroatoms. The number of carbonyl (C=O) groups excluding carboxylic acids is 1. The Bertz CT molecular complexity index is 1850. The lowest BCUT2D eigenvalue weighted by molar-refractivity contribution is -0.140. The minimum absolute atomic E-state index is 0.0485. The first-order chi connectivity index (χ1) is 20.8. The number of hydrogen-bond donors (Lipinski definition) is 0. The van der Waals surface area contributed by atoms with Gasteiger partial charge in [0.1, 0.15) is 12.4 Å². The second kappa shape index (κ2) is 13.4. The molecule has 1 unspecified atom stereocenters. The molecule has 1 aromatic heterocycles. The highest BCUT2D eigenvalue weighted by atomic mass is 35.5. The van der Waals surface area contributed by atoms with E-state index in [2.05, 4.69) is 11.9 Å². The van der Waals surface area contributed by atoms with Crippen LogP contribution in [-0.4, -0.2) is 24.3 Å². The molecule has 7 nitrogen and oxygen atoms in total. The molecule has 0 saturated heterocycles. The van der Waals surface area contributed by atoms with E-state index in [0.717, 1.165) is 29.7 Å². The Kier molecular flexibility index (Phi) is 9.43. The van der Waals surface area contributed by atoms with Crippen molar-refractivity contribution in [3.63, 3.8) is 0 Å². The average Bonchev–Trinajstić information content (AvgIpc) is 3.31. The van der Waals surface area contributed by atoms with E-state index in [1.807, 2.05) is 30.3 Å². The number of esters is 1. The van der Waals surface area contributed by atoms with Crippen LogP contribution in [0.1, 0.15) is 49.4 Å². The van der Waals surface area contributed by atoms with Crippen molar-refractivity contribution in [2.75, 3.05) is 13.7 Å². The number of unbranched alkanes of at least 4 members (excludes halogenated alkanes) is 1. The molecule has 4 aromatic rings. The Morgan fingerprint density at radius 2 is 1.91 bits per heavy atom. The van der Waals surface area contributed by atoms with Crippen LogP contribution in [0.15, 0.2) is 87.8 Å². The Morgan fingerprint density at radius 3 is 2.63 bits per heavy atom. The maximum absolute atomic E-state index is 14.6. The number of hydrogen-bond acceptors (Lipinski definition) is 7. The summed E-state index contributed by atoms with van der Waals surface area (Å²) in [6.07, 6.45) is 3.27. The number of benzene rings is 3. The summed E-state index contributed by atoms with van der Waals surface area (Å²) in [4.78, 5) is 32.6. The largest absolute Gasteiger partial charge is 0.493 e. The van der Waals surface area contributed by atoms with Crippen LogP contribution in [0.2, 0.25) is 5.02 Å². The Labute approximate surface area is 257 Å². The van der Waals surface area contributed by atoms with Crippen LogP contribution in [0.25, 0.3) is 6.08 Å². The molecular weight excluding hydrogens is 591 g/mol. The fraction of sp³-hybridized carbons (Fsp3) is 0.242. The van der Waals surface area contributed by atoms with Gasteiger partial charge in [0, 0.05) is 5.56 Å². The van der Waals surface area contributed by atoms with Gasteiger partial charge >= 0.3 is 5.97 Å². The number of fused-ring (bicyclic) bond motifs is 1. The van der Waals surface area contributed by atoms with Crippen molar-refractivity contribution in [3.05, 3.63) is 125 Å². The van der Waals surface area contributed by atoms with E-state index in [1.165, 1.54) is 29.9 Å². The predicted molar refractivity (Wildman–Crippen MR) is 165 cm³/mol. The molecule has 0 bridgehead atoms. The van der Waals surface area contributed by atoms with Crippen molar-refractivity contribution in [2.45, 2.75) is 39.3 Å². The molecule has 0 fully saturated rings. The summed E-state index contributed by atoms with van der Waals surface area (Å²) in [5.74, 6) is -0.154. The lowest BCUT2D eigenvalue weighted by atomic mass is 9.95. The van der Waals surface area contributed by atoms with Gasteiger partial charge in [-0.1, -0.05) is 78.7 Å². The third kappa shape index (κ3) is 6.43. The maximum atomic E-state index is 14.6. The second-order valence-electron chi connectivity index (χ2n) is 9.89. The maximum Gasteiger partial charge on any atom is 0.338 e. The number of rotatable bonds is 10. The molecule has 0 radical (unpaired) electrons. The van der Waals surface area contributed by atoms with E-state index in [-0.39, 0.29) is 27.3 Å². The molecule has 5 rings (SSSR count). The van der Waals surface area contributed by atoms with Gasteiger partial charge in [0.2, 0.25) is 0 Å². The highest BCUT2D eigenvalue weighted by molar-refractivity contribution is 7.07. The molecule has 3 aromatic carbocycles. The van der Waals surface area contributed by atoms with Gasteiger partial charge in [0.05, 0.1) is 40.6 Å².